The first-order valence-corrected chi connectivity index (χ1v) is 8.50. The highest BCUT2D eigenvalue weighted by Crippen LogP contribution is 2.32. The smallest absolute Gasteiger partial charge is 0.408 e. The Morgan fingerprint density at radius 3 is 2.96 bits per heavy atom. The summed E-state index contributed by atoms with van der Waals surface area (Å²) >= 11 is 1.44. The van der Waals surface area contributed by atoms with Crippen molar-refractivity contribution in [2.75, 3.05) is 6.61 Å². The van der Waals surface area contributed by atoms with Crippen molar-refractivity contribution in [2.24, 2.45) is 0 Å². The van der Waals surface area contributed by atoms with Gasteiger partial charge in [-0.25, -0.2) is 14.2 Å². The Labute approximate surface area is 145 Å². The van der Waals surface area contributed by atoms with E-state index in [1.54, 1.807) is 18.2 Å². The lowest BCUT2D eigenvalue weighted by atomic mass is 10.1. The SMILES string of the molecule is O=c1[nH]c2ccc(-c3csc(-c4ccc(F)cc4CCO)n3)cc2o1. The number of H-pyrrole nitrogens is 1. The van der Waals surface area contributed by atoms with Gasteiger partial charge in [0.1, 0.15) is 10.8 Å². The van der Waals surface area contributed by atoms with Crippen LogP contribution in [-0.4, -0.2) is 21.7 Å². The lowest BCUT2D eigenvalue weighted by Crippen LogP contribution is -1.95. The second kappa shape index (κ2) is 6.27. The molecular formula is C18H13FN2O3S. The third kappa shape index (κ3) is 2.99. The van der Waals surface area contributed by atoms with Crippen LogP contribution in [0.2, 0.25) is 0 Å². The first kappa shape index (κ1) is 15.7. The van der Waals surface area contributed by atoms with Gasteiger partial charge in [0.15, 0.2) is 5.58 Å². The van der Waals surface area contributed by atoms with Gasteiger partial charge in [-0.3, -0.25) is 4.98 Å². The Kier molecular flexibility index (Phi) is 3.95. The topological polar surface area (TPSA) is 79.1 Å². The molecule has 0 aliphatic rings. The molecule has 0 saturated heterocycles. The quantitative estimate of drug-likeness (QED) is 0.586. The Morgan fingerprint density at radius 1 is 1.24 bits per heavy atom. The fourth-order valence-electron chi connectivity index (χ4n) is 2.73. The number of hydrogen-bond acceptors (Lipinski definition) is 5. The van der Waals surface area contributed by atoms with Crippen molar-refractivity contribution in [1.29, 1.82) is 0 Å². The van der Waals surface area contributed by atoms with E-state index in [0.29, 0.717) is 17.5 Å². The minimum atomic E-state index is -0.494. The zero-order valence-electron chi connectivity index (χ0n) is 13.0. The molecule has 2 aromatic carbocycles. The van der Waals surface area contributed by atoms with E-state index in [-0.39, 0.29) is 12.4 Å². The van der Waals surface area contributed by atoms with E-state index >= 15 is 0 Å². The average Bonchev–Trinajstić information content (AvgIpc) is 3.20. The molecule has 0 unspecified atom stereocenters. The molecule has 0 atom stereocenters. The van der Waals surface area contributed by atoms with Crippen LogP contribution in [-0.2, 0) is 6.42 Å². The molecule has 126 valence electrons. The largest absolute Gasteiger partial charge is 0.417 e. The number of aromatic nitrogens is 2. The van der Waals surface area contributed by atoms with Gasteiger partial charge in [0, 0.05) is 23.1 Å². The van der Waals surface area contributed by atoms with E-state index < -0.39 is 5.76 Å². The Morgan fingerprint density at radius 2 is 2.12 bits per heavy atom. The van der Waals surface area contributed by atoms with E-state index in [1.165, 1.54) is 23.5 Å². The summed E-state index contributed by atoms with van der Waals surface area (Å²) in [6.45, 7) is -0.0577. The molecule has 4 rings (SSSR count). The number of fused-ring (bicyclic) bond motifs is 1. The summed E-state index contributed by atoms with van der Waals surface area (Å²) in [5, 5.41) is 11.8. The van der Waals surface area contributed by atoms with E-state index in [1.807, 2.05) is 11.4 Å². The van der Waals surface area contributed by atoms with Crippen LogP contribution in [0.1, 0.15) is 5.56 Å². The molecule has 0 amide bonds. The third-order valence-electron chi connectivity index (χ3n) is 3.90. The summed E-state index contributed by atoms with van der Waals surface area (Å²) < 4.78 is 18.5. The molecule has 0 aliphatic carbocycles. The number of benzene rings is 2. The Hall–Kier alpha value is -2.77. The zero-order chi connectivity index (χ0) is 17.4. The summed E-state index contributed by atoms with van der Waals surface area (Å²) in [6.07, 6.45) is 0.364. The molecule has 2 aromatic heterocycles. The Balaban J connectivity index is 1.75. The van der Waals surface area contributed by atoms with Crippen molar-refractivity contribution < 1.29 is 13.9 Å². The Bertz CT molecular complexity index is 1110. The van der Waals surface area contributed by atoms with Crippen LogP contribution in [0, 0.1) is 5.82 Å². The van der Waals surface area contributed by atoms with E-state index in [0.717, 1.165) is 27.4 Å². The highest BCUT2D eigenvalue weighted by molar-refractivity contribution is 7.13. The minimum Gasteiger partial charge on any atom is -0.408 e. The molecule has 5 nitrogen and oxygen atoms in total. The van der Waals surface area contributed by atoms with Gasteiger partial charge in [0.25, 0.3) is 0 Å². The minimum absolute atomic E-state index is 0.0577. The van der Waals surface area contributed by atoms with Crippen LogP contribution >= 0.6 is 11.3 Å². The molecule has 0 fully saturated rings. The first-order chi connectivity index (χ1) is 12.1. The van der Waals surface area contributed by atoms with Crippen LogP contribution in [0.3, 0.4) is 0 Å². The molecule has 2 N–H and O–H groups in total. The number of nitrogens with one attached hydrogen (secondary N) is 1. The van der Waals surface area contributed by atoms with Crippen LogP contribution in [0.25, 0.3) is 32.9 Å². The van der Waals surface area contributed by atoms with Crippen molar-refractivity contribution in [2.45, 2.75) is 6.42 Å². The summed E-state index contributed by atoms with van der Waals surface area (Å²) in [7, 11) is 0. The standard InChI is InChI=1S/C18H13FN2O3S/c19-12-2-3-13(10(7-12)5-6-22)17-20-15(9-25-17)11-1-4-14-16(8-11)24-18(23)21-14/h1-4,7-9,22H,5-6H2,(H,21,23). The number of nitrogens with zero attached hydrogens (tertiary/aromatic N) is 1. The van der Waals surface area contributed by atoms with Gasteiger partial charge in [0.2, 0.25) is 0 Å². The normalized spacial score (nSPS) is 11.3. The number of rotatable bonds is 4. The van der Waals surface area contributed by atoms with Crippen LogP contribution in [0.4, 0.5) is 4.39 Å². The molecule has 0 spiro atoms. The highest BCUT2D eigenvalue weighted by atomic mass is 32.1. The number of hydrogen-bond donors (Lipinski definition) is 2. The number of oxazole rings is 1. The fourth-order valence-corrected chi connectivity index (χ4v) is 3.62. The van der Waals surface area contributed by atoms with Gasteiger partial charge in [-0.15, -0.1) is 11.3 Å². The molecule has 0 radical (unpaired) electrons. The summed E-state index contributed by atoms with van der Waals surface area (Å²) in [4.78, 5) is 18.5. The van der Waals surface area contributed by atoms with E-state index in [9.17, 15) is 14.3 Å². The van der Waals surface area contributed by atoms with Crippen molar-refractivity contribution in [3.05, 3.63) is 63.7 Å². The van der Waals surface area contributed by atoms with Gasteiger partial charge in [-0.1, -0.05) is 6.07 Å². The molecular weight excluding hydrogens is 343 g/mol. The van der Waals surface area contributed by atoms with Gasteiger partial charge >= 0.3 is 5.76 Å². The van der Waals surface area contributed by atoms with Gasteiger partial charge in [0.05, 0.1) is 11.2 Å². The maximum atomic E-state index is 13.5. The van der Waals surface area contributed by atoms with Crippen molar-refractivity contribution >= 4 is 22.4 Å². The zero-order valence-corrected chi connectivity index (χ0v) is 13.8. The van der Waals surface area contributed by atoms with Crippen LogP contribution in [0.15, 0.2) is 51.0 Å². The fraction of sp³-hybridized carbons (Fsp3) is 0.111. The molecule has 2 heterocycles. The van der Waals surface area contributed by atoms with Crippen molar-refractivity contribution in [1.82, 2.24) is 9.97 Å². The van der Waals surface area contributed by atoms with Crippen LogP contribution in [0.5, 0.6) is 0 Å². The number of aliphatic hydroxyl groups is 1. The molecule has 25 heavy (non-hydrogen) atoms. The van der Waals surface area contributed by atoms with Gasteiger partial charge in [-0.2, -0.15) is 0 Å². The predicted molar refractivity (Wildman–Crippen MR) is 94.1 cm³/mol. The van der Waals surface area contributed by atoms with E-state index in [2.05, 4.69) is 9.97 Å². The van der Waals surface area contributed by atoms with Gasteiger partial charge in [-0.05, 0) is 42.3 Å². The summed E-state index contributed by atoms with van der Waals surface area (Å²) in [6, 6.07) is 9.86. The maximum absolute atomic E-state index is 13.5. The second-order valence-corrected chi connectivity index (χ2v) is 6.40. The summed E-state index contributed by atoms with van der Waals surface area (Å²) in [5.41, 5.74) is 4.19. The molecule has 7 heteroatoms. The predicted octanol–water partition coefficient (Wildman–Crippen LogP) is 3.59. The number of aliphatic hydroxyl groups excluding tert-OH is 1. The number of halogens is 1. The highest BCUT2D eigenvalue weighted by Gasteiger charge is 2.12. The lowest BCUT2D eigenvalue weighted by molar-refractivity contribution is 0.299. The second-order valence-electron chi connectivity index (χ2n) is 5.54. The maximum Gasteiger partial charge on any atom is 0.417 e. The molecule has 0 aliphatic heterocycles. The number of thiazole rings is 1. The molecule has 4 aromatic rings. The monoisotopic (exact) mass is 356 g/mol. The molecule has 0 saturated carbocycles. The third-order valence-corrected chi connectivity index (χ3v) is 4.78. The molecule has 0 bridgehead atoms. The van der Waals surface area contributed by atoms with Crippen molar-refractivity contribution in [3.8, 4) is 21.8 Å². The number of aromatic amines is 1. The first-order valence-electron chi connectivity index (χ1n) is 7.62. The average molecular weight is 356 g/mol. The van der Waals surface area contributed by atoms with Gasteiger partial charge < -0.3 is 9.52 Å². The van der Waals surface area contributed by atoms with E-state index in [4.69, 9.17) is 4.42 Å². The van der Waals surface area contributed by atoms with Crippen LogP contribution < -0.4 is 5.76 Å². The lowest BCUT2D eigenvalue weighted by Gasteiger charge is -2.06. The summed E-state index contributed by atoms with van der Waals surface area (Å²) in [5.74, 6) is -0.831. The van der Waals surface area contributed by atoms with Crippen molar-refractivity contribution in [3.63, 3.8) is 0 Å².